The molecule has 3 aromatic rings. The van der Waals surface area contributed by atoms with E-state index in [2.05, 4.69) is 36.5 Å². The Morgan fingerprint density at radius 2 is 1.69 bits per heavy atom. The second kappa shape index (κ2) is 9.25. The summed E-state index contributed by atoms with van der Waals surface area (Å²) < 4.78 is 0.873. The lowest BCUT2D eigenvalue weighted by atomic mass is 10.1. The minimum Gasteiger partial charge on any atom is -0.322 e. The first kappa shape index (κ1) is 20.4. The second-order valence-electron chi connectivity index (χ2n) is 6.44. The SMILES string of the molecule is Cc1ccc(C(=O)Nc2ccc(C)c(NC(=O)/C=C/c3cncnc3)c2)cc1Br. The normalized spacial score (nSPS) is 10.7. The van der Waals surface area contributed by atoms with Crippen LogP contribution in [0.15, 0.2) is 65.7 Å². The van der Waals surface area contributed by atoms with Crippen LogP contribution in [0.1, 0.15) is 27.0 Å². The van der Waals surface area contributed by atoms with Gasteiger partial charge in [-0.25, -0.2) is 9.97 Å². The quantitative estimate of drug-likeness (QED) is 0.548. The number of nitrogens with one attached hydrogen (secondary N) is 2. The largest absolute Gasteiger partial charge is 0.322 e. The molecule has 6 nitrogen and oxygen atoms in total. The van der Waals surface area contributed by atoms with Crippen molar-refractivity contribution >= 4 is 45.2 Å². The highest BCUT2D eigenvalue weighted by molar-refractivity contribution is 9.10. The number of halogens is 1. The van der Waals surface area contributed by atoms with E-state index in [1.807, 2.05) is 26.0 Å². The molecule has 0 saturated heterocycles. The molecule has 0 unspecified atom stereocenters. The Balaban J connectivity index is 1.70. The van der Waals surface area contributed by atoms with E-state index in [9.17, 15) is 9.59 Å². The number of amides is 2. The molecule has 7 heteroatoms. The third kappa shape index (κ3) is 5.58. The monoisotopic (exact) mass is 450 g/mol. The molecule has 2 aromatic carbocycles. The van der Waals surface area contributed by atoms with Crippen LogP contribution in [0, 0.1) is 13.8 Å². The molecule has 0 aliphatic heterocycles. The van der Waals surface area contributed by atoms with Crippen LogP contribution < -0.4 is 10.6 Å². The summed E-state index contributed by atoms with van der Waals surface area (Å²) in [6.45, 7) is 3.84. The van der Waals surface area contributed by atoms with Gasteiger partial charge in [-0.15, -0.1) is 0 Å². The van der Waals surface area contributed by atoms with Crippen molar-refractivity contribution in [3.63, 3.8) is 0 Å². The van der Waals surface area contributed by atoms with Gasteiger partial charge in [0.2, 0.25) is 5.91 Å². The van der Waals surface area contributed by atoms with Gasteiger partial charge in [0.05, 0.1) is 0 Å². The molecule has 0 aliphatic rings. The van der Waals surface area contributed by atoms with Crippen molar-refractivity contribution in [2.45, 2.75) is 13.8 Å². The first-order chi connectivity index (χ1) is 13.9. The number of carbonyl (C=O) groups excluding carboxylic acids is 2. The highest BCUT2D eigenvalue weighted by Gasteiger charge is 2.10. The Labute approximate surface area is 177 Å². The molecule has 3 rings (SSSR count). The predicted molar refractivity (Wildman–Crippen MR) is 118 cm³/mol. The van der Waals surface area contributed by atoms with E-state index in [0.717, 1.165) is 21.2 Å². The van der Waals surface area contributed by atoms with E-state index in [-0.39, 0.29) is 11.8 Å². The van der Waals surface area contributed by atoms with Crippen molar-refractivity contribution in [3.05, 3.63) is 87.9 Å². The molecule has 0 spiro atoms. The molecule has 0 saturated carbocycles. The molecule has 0 bridgehead atoms. The zero-order valence-corrected chi connectivity index (χ0v) is 17.5. The fourth-order valence-electron chi connectivity index (χ4n) is 2.51. The summed E-state index contributed by atoms with van der Waals surface area (Å²) in [5.41, 5.74) is 4.41. The van der Waals surface area contributed by atoms with Crippen LogP contribution in [-0.4, -0.2) is 21.8 Å². The van der Waals surface area contributed by atoms with Crippen LogP contribution in [0.25, 0.3) is 6.08 Å². The van der Waals surface area contributed by atoms with Crippen LogP contribution in [0.5, 0.6) is 0 Å². The number of carbonyl (C=O) groups is 2. The van der Waals surface area contributed by atoms with E-state index >= 15 is 0 Å². The fourth-order valence-corrected chi connectivity index (χ4v) is 2.89. The van der Waals surface area contributed by atoms with Gasteiger partial charge in [-0.1, -0.05) is 28.1 Å². The average molecular weight is 451 g/mol. The lowest BCUT2D eigenvalue weighted by Crippen LogP contribution is -2.13. The van der Waals surface area contributed by atoms with Gasteiger partial charge in [-0.3, -0.25) is 9.59 Å². The van der Waals surface area contributed by atoms with Gasteiger partial charge in [0.25, 0.3) is 5.91 Å². The average Bonchev–Trinajstić information content (AvgIpc) is 2.71. The molecule has 146 valence electrons. The number of aromatic nitrogens is 2. The highest BCUT2D eigenvalue weighted by Crippen LogP contribution is 2.22. The summed E-state index contributed by atoms with van der Waals surface area (Å²) in [7, 11) is 0. The van der Waals surface area contributed by atoms with E-state index < -0.39 is 0 Å². The first-order valence-corrected chi connectivity index (χ1v) is 9.64. The van der Waals surface area contributed by atoms with E-state index in [1.54, 1.807) is 42.7 Å². The van der Waals surface area contributed by atoms with Gasteiger partial charge in [-0.05, 0) is 55.3 Å². The second-order valence-corrected chi connectivity index (χ2v) is 7.30. The molecule has 0 atom stereocenters. The van der Waals surface area contributed by atoms with Gasteiger partial charge in [0.15, 0.2) is 0 Å². The molecular weight excluding hydrogens is 432 g/mol. The van der Waals surface area contributed by atoms with Crippen LogP contribution in [0.4, 0.5) is 11.4 Å². The Kier molecular flexibility index (Phi) is 6.51. The maximum absolute atomic E-state index is 12.5. The smallest absolute Gasteiger partial charge is 0.255 e. The Morgan fingerprint density at radius 3 is 2.41 bits per heavy atom. The van der Waals surface area contributed by atoms with Crippen molar-refractivity contribution in [1.29, 1.82) is 0 Å². The van der Waals surface area contributed by atoms with E-state index in [1.165, 1.54) is 12.4 Å². The summed E-state index contributed by atoms with van der Waals surface area (Å²) >= 11 is 3.44. The number of hydrogen-bond acceptors (Lipinski definition) is 4. The number of rotatable bonds is 5. The molecule has 1 aromatic heterocycles. The molecule has 29 heavy (non-hydrogen) atoms. The van der Waals surface area contributed by atoms with E-state index in [0.29, 0.717) is 16.9 Å². The van der Waals surface area contributed by atoms with Crippen molar-refractivity contribution in [1.82, 2.24) is 9.97 Å². The molecule has 0 fully saturated rings. The molecule has 2 N–H and O–H groups in total. The van der Waals surface area contributed by atoms with Gasteiger partial charge in [0, 0.05) is 45.4 Å². The standard InChI is InChI=1S/C22H19BrN4O2/c1-14-3-6-17(9-19(14)23)22(29)26-18-7-4-15(2)20(10-18)27-21(28)8-5-16-11-24-13-25-12-16/h3-13H,1-2H3,(H,26,29)(H,27,28)/b8-5+. The minimum atomic E-state index is -0.289. The number of benzene rings is 2. The third-order valence-electron chi connectivity index (χ3n) is 4.20. The summed E-state index contributed by atoms with van der Waals surface area (Å²) in [4.78, 5) is 32.5. The van der Waals surface area contributed by atoms with Gasteiger partial charge >= 0.3 is 0 Å². The van der Waals surface area contributed by atoms with Crippen LogP contribution in [0.3, 0.4) is 0 Å². The molecule has 0 radical (unpaired) electrons. The van der Waals surface area contributed by atoms with Crippen LogP contribution in [-0.2, 0) is 4.79 Å². The lowest BCUT2D eigenvalue weighted by Gasteiger charge is -2.11. The molecule has 0 aliphatic carbocycles. The molecular formula is C22H19BrN4O2. The van der Waals surface area contributed by atoms with Crippen molar-refractivity contribution < 1.29 is 9.59 Å². The summed E-state index contributed by atoms with van der Waals surface area (Å²) in [5.74, 6) is -0.515. The van der Waals surface area contributed by atoms with Crippen molar-refractivity contribution in [2.75, 3.05) is 10.6 Å². The predicted octanol–water partition coefficient (Wildman–Crippen LogP) is 4.76. The number of anilines is 2. The zero-order chi connectivity index (χ0) is 20.8. The van der Waals surface area contributed by atoms with Crippen LogP contribution >= 0.6 is 15.9 Å². The van der Waals surface area contributed by atoms with Crippen molar-refractivity contribution in [3.8, 4) is 0 Å². The Morgan fingerprint density at radius 1 is 0.966 bits per heavy atom. The summed E-state index contributed by atoms with van der Waals surface area (Å²) in [6, 6.07) is 10.8. The minimum absolute atomic E-state index is 0.226. The van der Waals surface area contributed by atoms with Gasteiger partial charge < -0.3 is 10.6 Å². The number of hydrogen-bond donors (Lipinski definition) is 2. The fraction of sp³-hybridized carbons (Fsp3) is 0.0909. The van der Waals surface area contributed by atoms with Crippen molar-refractivity contribution in [2.24, 2.45) is 0 Å². The number of aryl methyl sites for hydroxylation is 2. The van der Waals surface area contributed by atoms with Gasteiger partial charge in [0.1, 0.15) is 6.33 Å². The third-order valence-corrected chi connectivity index (χ3v) is 5.05. The Bertz CT molecular complexity index is 1080. The van der Waals surface area contributed by atoms with Crippen LogP contribution in [0.2, 0.25) is 0 Å². The van der Waals surface area contributed by atoms with E-state index in [4.69, 9.17) is 0 Å². The summed E-state index contributed by atoms with van der Waals surface area (Å²) in [6.07, 6.45) is 7.69. The number of nitrogens with zero attached hydrogens (tertiary/aromatic N) is 2. The Hall–Kier alpha value is -3.32. The maximum atomic E-state index is 12.5. The molecule has 2 amide bonds. The first-order valence-electron chi connectivity index (χ1n) is 8.84. The lowest BCUT2D eigenvalue weighted by molar-refractivity contribution is -0.111. The zero-order valence-electron chi connectivity index (χ0n) is 15.9. The summed E-state index contributed by atoms with van der Waals surface area (Å²) in [5, 5.41) is 5.68. The highest BCUT2D eigenvalue weighted by atomic mass is 79.9. The molecule has 1 heterocycles. The maximum Gasteiger partial charge on any atom is 0.255 e. The topological polar surface area (TPSA) is 84.0 Å². The van der Waals surface area contributed by atoms with Gasteiger partial charge in [-0.2, -0.15) is 0 Å².